The van der Waals surface area contributed by atoms with Gasteiger partial charge < -0.3 is 19.3 Å². The number of carbonyl (C=O) groups is 1. The number of esters is 1. The number of hydrogen-bond acceptors (Lipinski definition) is 6. The summed E-state index contributed by atoms with van der Waals surface area (Å²) in [6.45, 7) is 7.10. The molecule has 1 atom stereocenters. The molecule has 0 bridgehead atoms. The first kappa shape index (κ1) is 24.9. The van der Waals surface area contributed by atoms with Crippen LogP contribution < -0.4 is 0 Å². The lowest BCUT2D eigenvalue weighted by Crippen LogP contribution is -2.09. The van der Waals surface area contributed by atoms with Gasteiger partial charge >= 0.3 is 5.97 Å². The lowest BCUT2D eigenvalue weighted by Gasteiger charge is -2.20. The maximum absolute atomic E-state index is 12.5. The summed E-state index contributed by atoms with van der Waals surface area (Å²) in [7, 11) is -0.163. The van der Waals surface area contributed by atoms with Gasteiger partial charge in [0.05, 0.1) is 6.61 Å². The molecule has 0 aromatic carbocycles. The van der Waals surface area contributed by atoms with Gasteiger partial charge in [0.1, 0.15) is 17.9 Å². The Kier molecular flexibility index (Phi) is 10.7. The van der Waals surface area contributed by atoms with E-state index >= 15 is 0 Å². The van der Waals surface area contributed by atoms with Crippen LogP contribution in [0.1, 0.15) is 46.5 Å². The molecule has 1 aliphatic heterocycles. The first-order valence-electron chi connectivity index (χ1n) is 9.91. The first-order chi connectivity index (χ1) is 13.9. The summed E-state index contributed by atoms with van der Waals surface area (Å²) >= 11 is 2.28. The molecule has 0 aromatic heterocycles. The van der Waals surface area contributed by atoms with Gasteiger partial charge in [-0.15, -0.1) is 0 Å². The third kappa shape index (κ3) is 7.10. The summed E-state index contributed by atoms with van der Waals surface area (Å²) in [5, 5.41) is 0. The Morgan fingerprint density at radius 1 is 1.48 bits per heavy atom. The maximum Gasteiger partial charge on any atom is 0.342 e. The zero-order valence-electron chi connectivity index (χ0n) is 17.2. The van der Waals surface area contributed by atoms with Crippen LogP contribution in [-0.2, 0) is 14.3 Å². The highest BCUT2D eigenvalue weighted by Gasteiger charge is 2.34. The van der Waals surface area contributed by atoms with Crippen LogP contribution in [-0.4, -0.2) is 40.9 Å². The molecule has 2 rings (SSSR count). The van der Waals surface area contributed by atoms with Crippen LogP contribution in [0.15, 0.2) is 45.8 Å². The molecule has 162 valence electrons. The summed E-state index contributed by atoms with van der Waals surface area (Å²) < 4.78 is 11.6. The van der Waals surface area contributed by atoms with Gasteiger partial charge in [-0.3, -0.25) is 0 Å². The second-order valence-corrected chi connectivity index (χ2v) is 10.8. The first-order valence-corrected chi connectivity index (χ1v) is 14.9. The Morgan fingerprint density at radius 2 is 2.24 bits per heavy atom. The highest BCUT2D eigenvalue weighted by molar-refractivity contribution is 14.2. The minimum absolute atomic E-state index is 0.216. The molecule has 1 aliphatic carbocycles. The number of allylic oxidation sites excluding steroid dienone is 5. The molecule has 29 heavy (non-hydrogen) atoms. The second kappa shape index (κ2) is 12.5. The fourth-order valence-electron chi connectivity index (χ4n) is 3.77. The average Bonchev–Trinajstić information content (AvgIpc) is 2.95. The summed E-state index contributed by atoms with van der Waals surface area (Å²) in [6.07, 6.45) is 7.80. The number of carbonyl (C=O) groups excluding carboxylic acids is 1. The Labute approximate surface area is 191 Å². The van der Waals surface area contributed by atoms with Crippen molar-refractivity contribution in [3.05, 3.63) is 45.8 Å². The van der Waals surface area contributed by atoms with E-state index in [9.17, 15) is 14.6 Å². The lowest BCUT2D eigenvalue weighted by molar-refractivity contribution is -0.135. The fourth-order valence-corrected chi connectivity index (χ4v) is 5.51. The van der Waals surface area contributed by atoms with Crippen LogP contribution in [0.25, 0.3) is 0 Å². The molecular formula is C21H30IO5PS. The molecule has 1 saturated heterocycles. The molecular weight excluding hydrogens is 522 g/mol. The van der Waals surface area contributed by atoms with Gasteiger partial charge in [-0.25, -0.2) is 4.79 Å². The Balaban J connectivity index is 2.35. The van der Waals surface area contributed by atoms with Crippen LogP contribution in [0, 0.1) is 5.92 Å². The Bertz CT molecular complexity index is 727. The SMILES string of the molecule is CCC1=C(CC/C=C(\C)CP(O)O)C(OCCCSI)=C2C(=O)OCC2=CC1C. The van der Waals surface area contributed by atoms with Crippen LogP contribution in [0.2, 0.25) is 0 Å². The van der Waals surface area contributed by atoms with Crippen molar-refractivity contribution in [3.8, 4) is 0 Å². The summed E-state index contributed by atoms with van der Waals surface area (Å²) in [5.41, 5.74) is 4.88. The third-order valence-electron chi connectivity index (χ3n) is 5.04. The smallest absolute Gasteiger partial charge is 0.342 e. The quantitative estimate of drug-likeness (QED) is 0.114. The van der Waals surface area contributed by atoms with Crippen molar-refractivity contribution in [1.29, 1.82) is 0 Å². The summed E-state index contributed by atoms with van der Waals surface area (Å²) in [6, 6.07) is 0. The maximum atomic E-state index is 12.5. The molecule has 2 aliphatic rings. The molecule has 2 N–H and O–H groups in total. The highest BCUT2D eigenvalue weighted by atomic mass is 127. The lowest BCUT2D eigenvalue weighted by atomic mass is 9.90. The molecule has 0 amide bonds. The number of fused-ring (bicyclic) bond motifs is 1. The molecule has 1 fully saturated rings. The normalized spacial score (nSPS) is 20.1. The van der Waals surface area contributed by atoms with Crippen molar-refractivity contribution in [1.82, 2.24) is 0 Å². The molecule has 0 aromatic rings. The van der Waals surface area contributed by atoms with Gasteiger partial charge in [-0.1, -0.05) is 46.1 Å². The number of halogens is 1. The molecule has 0 spiro atoms. The van der Waals surface area contributed by atoms with E-state index in [1.807, 2.05) is 13.0 Å². The second-order valence-electron chi connectivity index (χ2n) is 7.25. The fraction of sp³-hybridized carbons (Fsp3) is 0.571. The van der Waals surface area contributed by atoms with E-state index in [0.717, 1.165) is 48.2 Å². The zero-order valence-corrected chi connectivity index (χ0v) is 21.1. The van der Waals surface area contributed by atoms with Crippen molar-refractivity contribution >= 4 is 44.5 Å². The molecule has 5 nitrogen and oxygen atoms in total. The van der Waals surface area contributed by atoms with Gasteiger partial charge in [0.15, 0.2) is 8.38 Å². The predicted molar refractivity (Wildman–Crippen MR) is 129 cm³/mol. The van der Waals surface area contributed by atoms with E-state index < -0.39 is 8.38 Å². The highest BCUT2D eigenvalue weighted by Crippen LogP contribution is 2.39. The van der Waals surface area contributed by atoms with Crippen LogP contribution >= 0.6 is 38.5 Å². The topological polar surface area (TPSA) is 76.0 Å². The number of cyclic esters (lactones) is 1. The van der Waals surface area contributed by atoms with Crippen molar-refractivity contribution in [2.75, 3.05) is 25.1 Å². The minimum Gasteiger partial charge on any atom is -0.492 e. The van der Waals surface area contributed by atoms with E-state index in [1.54, 1.807) is 8.93 Å². The number of hydrogen-bond donors (Lipinski definition) is 2. The molecule has 0 saturated carbocycles. The van der Waals surface area contributed by atoms with Crippen LogP contribution in [0.5, 0.6) is 0 Å². The summed E-state index contributed by atoms with van der Waals surface area (Å²) in [4.78, 5) is 31.0. The van der Waals surface area contributed by atoms with Crippen molar-refractivity contribution in [2.24, 2.45) is 5.92 Å². The monoisotopic (exact) mass is 552 g/mol. The van der Waals surface area contributed by atoms with E-state index in [0.29, 0.717) is 30.7 Å². The zero-order chi connectivity index (χ0) is 21.4. The van der Waals surface area contributed by atoms with E-state index in [2.05, 4.69) is 41.1 Å². The van der Waals surface area contributed by atoms with Crippen molar-refractivity contribution in [2.45, 2.75) is 46.5 Å². The van der Waals surface area contributed by atoms with Gasteiger partial charge in [0.2, 0.25) is 0 Å². The largest absolute Gasteiger partial charge is 0.492 e. The van der Waals surface area contributed by atoms with E-state index in [4.69, 9.17) is 9.47 Å². The van der Waals surface area contributed by atoms with Gasteiger partial charge in [-0.2, -0.15) is 0 Å². The van der Waals surface area contributed by atoms with E-state index in [-0.39, 0.29) is 11.9 Å². The number of ether oxygens (including phenoxy) is 2. The van der Waals surface area contributed by atoms with E-state index in [1.165, 1.54) is 5.57 Å². The Morgan fingerprint density at radius 3 is 2.90 bits per heavy atom. The molecule has 0 radical (unpaired) electrons. The van der Waals surface area contributed by atoms with Crippen LogP contribution in [0.4, 0.5) is 0 Å². The van der Waals surface area contributed by atoms with Crippen LogP contribution in [0.3, 0.4) is 0 Å². The molecule has 1 heterocycles. The average molecular weight is 552 g/mol. The Hall–Kier alpha value is -0.340. The van der Waals surface area contributed by atoms with Crippen molar-refractivity contribution in [3.63, 3.8) is 0 Å². The van der Waals surface area contributed by atoms with Gasteiger partial charge in [0.25, 0.3) is 0 Å². The molecule has 1 unspecified atom stereocenters. The molecule has 8 heteroatoms. The van der Waals surface area contributed by atoms with Gasteiger partial charge in [-0.05, 0) is 65.3 Å². The number of rotatable bonds is 11. The van der Waals surface area contributed by atoms with Gasteiger partial charge in [0, 0.05) is 17.5 Å². The standard InChI is InChI=1S/C21H30IO5PS/c1-4-17-15(3)11-16-12-27-21(23)19(16)20(26-9-6-10-29-22)18(17)8-5-7-14(2)13-28(24)25/h7,11,15,24-25H,4-6,8-10,12-13H2,1-3H3/b14-7+. The van der Waals surface area contributed by atoms with Crippen molar-refractivity contribution < 1.29 is 24.1 Å². The third-order valence-corrected chi connectivity index (χ3v) is 7.59. The minimum atomic E-state index is -1.91. The summed E-state index contributed by atoms with van der Waals surface area (Å²) in [5.74, 6) is 1.61. The predicted octanol–water partition coefficient (Wildman–Crippen LogP) is 5.59.